The van der Waals surface area contributed by atoms with E-state index in [1.165, 1.54) is 19.3 Å². The molecule has 7 nitrogen and oxygen atoms in total. The molecule has 4 aliphatic rings. The Morgan fingerprint density at radius 2 is 1.70 bits per heavy atom. The lowest BCUT2D eigenvalue weighted by atomic mass is 9.53. The molecule has 33 heavy (non-hydrogen) atoms. The average molecular weight is 458 g/mol. The number of anilines is 1. The highest BCUT2D eigenvalue weighted by atomic mass is 16.5. The Balaban J connectivity index is 1.22. The third-order valence-electron chi connectivity index (χ3n) is 7.30. The maximum atomic E-state index is 12.7. The van der Waals surface area contributed by atoms with Gasteiger partial charge in [0, 0.05) is 11.2 Å². The third-order valence-corrected chi connectivity index (χ3v) is 7.30. The molecule has 1 unspecified atom stereocenters. The Morgan fingerprint density at radius 1 is 1.03 bits per heavy atom. The molecule has 4 bridgehead atoms. The largest absolute Gasteiger partial charge is 0.376 e. The smallest absolute Gasteiger partial charge is 0.321 e. The minimum absolute atomic E-state index is 0.107. The number of hydrogen-bond donors (Lipinski definition) is 3. The van der Waals surface area contributed by atoms with Gasteiger partial charge < -0.3 is 20.1 Å². The Bertz CT molecular complexity index is 805. The van der Waals surface area contributed by atoms with Gasteiger partial charge in [-0.3, -0.25) is 10.1 Å². The minimum atomic E-state index is -0.539. The zero-order valence-electron chi connectivity index (χ0n) is 20.2. The van der Waals surface area contributed by atoms with Crippen LogP contribution in [-0.4, -0.2) is 42.8 Å². The molecule has 1 aromatic rings. The average Bonchev–Trinajstić information content (AvgIpc) is 2.72. The summed E-state index contributed by atoms with van der Waals surface area (Å²) >= 11 is 0. The zero-order chi connectivity index (χ0) is 23.4. The van der Waals surface area contributed by atoms with E-state index in [0.29, 0.717) is 19.8 Å². The van der Waals surface area contributed by atoms with Crippen LogP contribution >= 0.6 is 0 Å². The van der Waals surface area contributed by atoms with Gasteiger partial charge in [0.1, 0.15) is 6.04 Å². The van der Waals surface area contributed by atoms with Crippen LogP contribution in [-0.2, 0) is 20.9 Å². The maximum Gasteiger partial charge on any atom is 0.321 e. The highest BCUT2D eigenvalue weighted by Crippen LogP contribution is 2.55. The van der Waals surface area contributed by atoms with E-state index in [-0.39, 0.29) is 23.6 Å². The Kier molecular flexibility index (Phi) is 7.59. The first-order chi connectivity index (χ1) is 15.8. The Morgan fingerprint density at radius 3 is 2.33 bits per heavy atom. The second-order valence-electron chi connectivity index (χ2n) is 10.7. The fourth-order valence-electron chi connectivity index (χ4n) is 6.36. The first-order valence-corrected chi connectivity index (χ1v) is 12.5. The van der Waals surface area contributed by atoms with E-state index in [4.69, 9.17) is 9.47 Å². The molecule has 4 aliphatic carbocycles. The lowest BCUT2D eigenvalue weighted by Crippen LogP contribution is -2.62. The number of hydrogen-bond acceptors (Lipinski definition) is 5. The van der Waals surface area contributed by atoms with Crippen molar-refractivity contribution in [3.8, 4) is 0 Å². The third kappa shape index (κ3) is 6.48. The first-order valence-electron chi connectivity index (χ1n) is 12.5. The van der Waals surface area contributed by atoms with E-state index >= 15 is 0 Å². The summed E-state index contributed by atoms with van der Waals surface area (Å²) in [5.74, 6) is 1.90. The number of rotatable bonds is 10. The van der Waals surface area contributed by atoms with Gasteiger partial charge in [0.05, 0.1) is 25.9 Å². The van der Waals surface area contributed by atoms with Crippen molar-refractivity contribution in [1.82, 2.24) is 10.6 Å². The molecular formula is C26H39N3O4. The van der Waals surface area contributed by atoms with Crippen molar-refractivity contribution in [1.29, 1.82) is 0 Å². The zero-order valence-corrected chi connectivity index (χ0v) is 20.2. The maximum absolute atomic E-state index is 12.7. The summed E-state index contributed by atoms with van der Waals surface area (Å²) in [5.41, 5.74) is 1.72. The lowest BCUT2D eigenvalue weighted by Gasteiger charge is -2.56. The van der Waals surface area contributed by atoms with Crippen molar-refractivity contribution < 1.29 is 19.1 Å². The van der Waals surface area contributed by atoms with Crippen LogP contribution < -0.4 is 16.0 Å². The Labute approximate surface area is 197 Å². The van der Waals surface area contributed by atoms with E-state index in [0.717, 1.165) is 48.3 Å². The molecule has 0 spiro atoms. The van der Waals surface area contributed by atoms with Crippen molar-refractivity contribution in [2.45, 2.75) is 83.6 Å². The van der Waals surface area contributed by atoms with Crippen LogP contribution in [0.1, 0.15) is 64.9 Å². The number of urea groups is 1. The van der Waals surface area contributed by atoms with E-state index in [1.54, 1.807) is 6.92 Å². The second-order valence-corrected chi connectivity index (χ2v) is 10.7. The van der Waals surface area contributed by atoms with Gasteiger partial charge in [-0.25, -0.2) is 4.79 Å². The van der Waals surface area contributed by atoms with Gasteiger partial charge in [-0.05, 0) is 94.7 Å². The van der Waals surface area contributed by atoms with Crippen molar-refractivity contribution >= 4 is 17.6 Å². The molecular weight excluding hydrogens is 418 g/mol. The summed E-state index contributed by atoms with van der Waals surface area (Å²) in [5, 5.41) is 8.95. The number of ether oxygens (including phenoxy) is 2. The molecule has 182 valence electrons. The van der Waals surface area contributed by atoms with Crippen LogP contribution in [0.2, 0.25) is 0 Å². The molecule has 1 atom stereocenters. The molecule has 4 fully saturated rings. The topological polar surface area (TPSA) is 88.7 Å². The summed E-state index contributed by atoms with van der Waals surface area (Å²) in [7, 11) is 0. The summed E-state index contributed by atoms with van der Waals surface area (Å²) in [6.07, 6.45) is 7.34. The fourth-order valence-corrected chi connectivity index (χ4v) is 6.36. The van der Waals surface area contributed by atoms with E-state index < -0.39 is 6.04 Å². The van der Waals surface area contributed by atoms with Crippen LogP contribution in [0.25, 0.3) is 0 Å². The highest BCUT2D eigenvalue weighted by Gasteiger charge is 2.51. The molecule has 0 heterocycles. The monoisotopic (exact) mass is 457 g/mol. The fraction of sp³-hybridized carbons (Fsp3) is 0.692. The van der Waals surface area contributed by atoms with Crippen LogP contribution in [0, 0.1) is 17.8 Å². The molecule has 0 aromatic heterocycles. The van der Waals surface area contributed by atoms with Crippen molar-refractivity contribution in [2.75, 3.05) is 18.5 Å². The highest BCUT2D eigenvalue weighted by molar-refractivity contribution is 5.98. The summed E-state index contributed by atoms with van der Waals surface area (Å²) in [4.78, 5) is 25.3. The van der Waals surface area contributed by atoms with Gasteiger partial charge in [0.25, 0.3) is 0 Å². The van der Waals surface area contributed by atoms with E-state index in [9.17, 15) is 9.59 Å². The number of amides is 3. The number of carbonyl (C=O) groups excluding carboxylic acids is 2. The summed E-state index contributed by atoms with van der Waals surface area (Å²) < 4.78 is 11.1. The normalized spacial score (nSPS) is 28.5. The van der Waals surface area contributed by atoms with Crippen molar-refractivity contribution in [3.05, 3.63) is 29.8 Å². The number of nitrogens with one attached hydrogen (secondary N) is 3. The van der Waals surface area contributed by atoms with E-state index in [2.05, 4.69) is 16.0 Å². The Hall–Kier alpha value is -2.12. The van der Waals surface area contributed by atoms with Gasteiger partial charge in [-0.2, -0.15) is 0 Å². The van der Waals surface area contributed by atoms with E-state index in [1.807, 2.05) is 38.1 Å². The predicted octanol–water partition coefficient (Wildman–Crippen LogP) is 4.22. The molecule has 3 amide bonds. The van der Waals surface area contributed by atoms with Crippen molar-refractivity contribution in [2.24, 2.45) is 17.8 Å². The van der Waals surface area contributed by atoms with Crippen LogP contribution in [0.15, 0.2) is 24.3 Å². The van der Waals surface area contributed by atoms with Gasteiger partial charge in [-0.15, -0.1) is 0 Å². The quantitative estimate of drug-likeness (QED) is 0.458. The molecule has 4 saturated carbocycles. The van der Waals surface area contributed by atoms with Crippen LogP contribution in [0.5, 0.6) is 0 Å². The summed E-state index contributed by atoms with van der Waals surface area (Å²) in [6, 6.07) is 6.88. The molecule has 0 saturated heterocycles. The van der Waals surface area contributed by atoms with Gasteiger partial charge in [0.2, 0.25) is 5.91 Å². The molecule has 1 aromatic carbocycles. The van der Waals surface area contributed by atoms with Crippen molar-refractivity contribution in [3.63, 3.8) is 0 Å². The number of benzene rings is 1. The molecule has 5 rings (SSSR count). The van der Waals surface area contributed by atoms with Crippen LogP contribution in [0.4, 0.5) is 10.5 Å². The van der Waals surface area contributed by atoms with Gasteiger partial charge >= 0.3 is 6.03 Å². The van der Waals surface area contributed by atoms with Crippen LogP contribution in [0.3, 0.4) is 0 Å². The lowest BCUT2D eigenvalue weighted by molar-refractivity contribution is -0.120. The standard InChI is InChI=1S/C26H39N3O4/c1-17(2)33-8-7-32-16-19-5-4-6-23(12-19)27-18(3)24(30)28-25(31)29-26-13-20-9-21(14-26)11-22(10-20)15-26/h4-6,12,17-18,20-22,27H,7-11,13-16H2,1-3H3,(H2,28,29,30,31). The SMILES string of the molecule is CC(C)OCCOCc1cccc(NC(C)C(=O)NC(=O)NC23CC4CC(CC(C4)C2)C3)c1. The molecule has 3 N–H and O–H groups in total. The predicted molar refractivity (Wildman–Crippen MR) is 128 cm³/mol. The number of imide groups is 1. The minimum Gasteiger partial charge on any atom is -0.376 e. The molecule has 0 aliphatic heterocycles. The molecule has 0 radical (unpaired) electrons. The van der Waals surface area contributed by atoms with Gasteiger partial charge in [0.15, 0.2) is 0 Å². The number of carbonyl (C=O) groups is 2. The molecule has 7 heteroatoms. The second kappa shape index (κ2) is 10.4. The van der Waals surface area contributed by atoms with Gasteiger partial charge in [-0.1, -0.05) is 12.1 Å². The summed E-state index contributed by atoms with van der Waals surface area (Å²) in [6.45, 7) is 7.34. The first kappa shape index (κ1) is 24.0.